The Hall–Kier alpha value is -0.340. The van der Waals surface area contributed by atoms with Gasteiger partial charge in [-0.25, -0.2) is 0 Å². The first-order chi connectivity index (χ1) is 9.79. The van der Waals surface area contributed by atoms with E-state index in [0.29, 0.717) is 11.3 Å². The normalized spacial score (nSPS) is 46.8. The van der Waals surface area contributed by atoms with Crippen LogP contribution in [0.15, 0.2) is 12.2 Å². The lowest BCUT2D eigenvalue weighted by atomic mass is 9.65. The van der Waals surface area contributed by atoms with E-state index < -0.39 is 0 Å². The molecule has 2 heteroatoms. The molecule has 0 amide bonds. The van der Waals surface area contributed by atoms with E-state index in [2.05, 4.69) is 57.4 Å². The van der Waals surface area contributed by atoms with E-state index in [0.717, 1.165) is 30.5 Å². The number of rotatable bonds is 3. The van der Waals surface area contributed by atoms with Gasteiger partial charge in [-0.05, 0) is 55.8 Å². The standard InChI is InChI=1S/C19H34N2/c1-13-6-7-19(5,20-12-13)18(3,4)11-15-10-16-8-14(2)9-17(15)21-16/h6-7,13-17,20-21H,8-12H2,1-5H3/t13?,14?,15?,16-,17+,19?/m1/s1. The van der Waals surface area contributed by atoms with Crippen LogP contribution >= 0.6 is 0 Å². The first kappa shape index (κ1) is 15.6. The first-order valence-corrected chi connectivity index (χ1v) is 8.99. The average molecular weight is 290 g/mol. The van der Waals surface area contributed by atoms with Gasteiger partial charge in [0.15, 0.2) is 0 Å². The second kappa shape index (κ2) is 5.38. The fourth-order valence-corrected chi connectivity index (χ4v) is 4.89. The average Bonchev–Trinajstić information content (AvgIpc) is 2.67. The third-order valence-electron chi connectivity index (χ3n) is 6.68. The van der Waals surface area contributed by atoms with Gasteiger partial charge in [-0.2, -0.15) is 0 Å². The molecule has 0 aliphatic carbocycles. The zero-order valence-corrected chi connectivity index (χ0v) is 14.6. The van der Waals surface area contributed by atoms with Gasteiger partial charge in [-0.15, -0.1) is 0 Å². The van der Waals surface area contributed by atoms with E-state index in [-0.39, 0.29) is 5.54 Å². The molecule has 21 heavy (non-hydrogen) atoms. The first-order valence-electron chi connectivity index (χ1n) is 8.99. The number of hydrogen-bond donors (Lipinski definition) is 2. The Bertz CT molecular complexity index is 414. The Morgan fingerprint density at radius 1 is 1.19 bits per heavy atom. The Balaban J connectivity index is 1.70. The SMILES string of the molecule is CC1C=CC(C)(C(C)(C)CC2C[C@H]3CC(C)C[C@@H]2N3)NC1. The predicted octanol–water partition coefficient (Wildman–Crippen LogP) is 3.73. The molecular formula is C19H34N2. The zero-order valence-electron chi connectivity index (χ0n) is 14.6. The van der Waals surface area contributed by atoms with E-state index in [1.54, 1.807) is 0 Å². The van der Waals surface area contributed by atoms with Gasteiger partial charge in [0.2, 0.25) is 0 Å². The second-order valence-corrected chi connectivity index (χ2v) is 9.05. The molecule has 2 bridgehead atoms. The summed E-state index contributed by atoms with van der Waals surface area (Å²) in [5, 5.41) is 7.70. The Labute approximate surface area is 131 Å². The fraction of sp³-hybridized carbons (Fsp3) is 0.895. The van der Waals surface area contributed by atoms with Crippen LogP contribution in [0.5, 0.6) is 0 Å². The molecule has 2 nitrogen and oxygen atoms in total. The maximum absolute atomic E-state index is 3.88. The van der Waals surface area contributed by atoms with Gasteiger partial charge in [0, 0.05) is 24.2 Å². The predicted molar refractivity (Wildman–Crippen MR) is 90.3 cm³/mol. The number of piperidine rings is 1. The van der Waals surface area contributed by atoms with Crippen molar-refractivity contribution in [3.8, 4) is 0 Å². The van der Waals surface area contributed by atoms with Crippen LogP contribution in [-0.2, 0) is 0 Å². The van der Waals surface area contributed by atoms with Gasteiger partial charge in [-0.1, -0.05) is 39.8 Å². The monoisotopic (exact) mass is 290 g/mol. The van der Waals surface area contributed by atoms with Crippen molar-refractivity contribution in [2.75, 3.05) is 6.54 Å². The molecule has 4 unspecified atom stereocenters. The molecule has 3 rings (SSSR count). The van der Waals surface area contributed by atoms with E-state index in [9.17, 15) is 0 Å². The zero-order chi connectivity index (χ0) is 15.3. The lowest BCUT2D eigenvalue weighted by Crippen LogP contribution is -2.56. The van der Waals surface area contributed by atoms with E-state index >= 15 is 0 Å². The minimum absolute atomic E-state index is 0.141. The lowest BCUT2D eigenvalue weighted by molar-refractivity contribution is 0.125. The fourth-order valence-electron chi connectivity index (χ4n) is 4.89. The number of nitrogens with one attached hydrogen (secondary N) is 2. The highest BCUT2D eigenvalue weighted by Gasteiger charge is 2.46. The molecule has 0 aromatic carbocycles. The lowest BCUT2D eigenvalue weighted by Gasteiger charge is -2.47. The summed E-state index contributed by atoms with van der Waals surface area (Å²) in [4.78, 5) is 0. The van der Waals surface area contributed by atoms with Crippen LogP contribution in [0.25, 0.3) is 0 Å². The van der Waals surface area contributed by atoms with Crippen molar-refractivity contribution < 1.29 is 0 Å². The molecule has 6 atom stereocenters. The summed E-state index contributed by atoms with van der Waals surface area (Å²) >= 11 is 0. The summed E-state index contributed by atoms with van der Waals surface area (Å²) in [6, 6.07) is 1.57. The quantitative estimate of drug-likeness (QED) is 0.774. The molecule has 3 aliphatic heterocycles. The molecule has 0 aromatic rings. The molecule has 3 aliphatic rings. The van der Waals surface area contributed by atoms with Crippen LogP contribution in [0.2, 0.25) is 0 Å². The van der Waals surface area contributed by atoms with Crippen LogP contribution in [0.1, 0.15) is 60.3 Å². The molecule has 0 spiro atoms. The van der Waals surface area contributed by atoms with Crippen molar-refractivity contribution >= 4 is 0 Å². The maximum atomic E-state index is 3.88. The Morgan fingerprint density at radius 3 is 2.62 bits per heavy atom. The molecule has 2 N–H and O–H groups in total. The summed E-state index contributed by atoms with van der Waals surface area (Å²) in [5.74, 6) is 2.45. The maximum Gasteiger partial charge on any atom is 0.0387 e. The van der Waals surface area contributed by atoms with Crippen molar-refractivity contribution in [3.05, 3.63) is 12.2 Å². The van der Waals surface area contributed by atoms with E-state index in [1.807, 2.05) is 0 Å². The smallest absolute Gasteiger partial charge is 0.0387 e. The Morgan fingerprint density at radius 2 is 1.95 bits per heavy atom. The topological polar surface area (TPSA) is 24.1 Å². The highest BCUT2D eigenvalue weighted by molar-refractivity contribution is 5.16. The summed E-state index contributed by atoms with van der Waals surface area (Å²) < 4.78 is 0. The van der Waals surface area contributed by atoms with Crippen LogP contribution in [-0.4, -0.2) is 24.2 Å². The molecule has 0 radical (unpaired) electrons. The van der Waals surface area contributed by atoms with Crippen molar-refractivity contribution in [2.45, 2.75) is 77.9 Å². The van der Waals surface area contributed by atoms with Crippen LogP contribution in [0.3, 0.4) is 0 Å². The van der Waals surface area contributed by atoms with Gasteiger partial charge in [0.05, 0.1) is 0 Å². The number of hydrogen-bond acceptors (Lipinski definition) is 2. The van der Waals surface area contributed by atoms with E-state index in [4.69, 9.17) is 0 Å². The number of fused-ring (bicyclic) bond motifs is 2. The largest absolute Gasteiger partial charge is 0.311 e. The van der Waals surface area contributed by atoms with Crippen molar-refractivity contribution in [1.82, 2.24) is 10.6 Å². The Kier molecular flexibility index (Phi) is 3.99. The molecule has 0 aromatic heterocycles. The second-order valence-electron chi connectivity index (χ2n) is 9.05. The van der Waals surface area contributed by atoms with Gasteiger partial charge < -0.3 is 10.6 Å². The van der Waals surface area contributed by atoms with Crippen molar-refractivity contribution in [3.63, 3.8) is 0 Å². The highest BCUT2D eigenvalue weighted by Crippen LogP contribution is 2.45. The highest BCUT2D eigenvalue weighted by atomic mass is 15.0. The van der Waals surface area contributed by atoms with Gasteiger partial charge in [0.1, 0.15) is 0 Å². The van der Waals surface area contributed by atoms with Crippen LogP contribution in [0.4, 0.5) is 0 Å². The van der Waals surface area contributed by atoms with Crippen molar-refractivity contribution in [1.29, 1.82) is 0 Å². The van der Waals surface area contributed by atoms with Crippen LogP contribution in [0, 0.1) is 23.2 Å². The molecular weight excluding hydrogens is 256 g/mol. The van der Waals surface area contributed by atoms with Crippen LogP contribution < -0.4 is 10.6 Å². The molecule has 2 fully saturated rings. The summed E-state index contributed by atoms with van der Waals surface area (Å²) in [6.45, 7) is 13.2. The van der Waals surface area contributed by atoms with Gasteiger partial charge >= 0.3 is 0 Å². The third-order valence-corrected chi connectivity index (χ3v) is 6.68. The molecule has 2 saturated heterocycles. The third kappa shape index (κ3) is 2.94. The van der Waals surface area contributed by atoms with Gasteiger partial charge in [-0.3, -0.25) is 0 Å². The molecule has 3 heterocycles. The molecule has 120 valence electrons. The molecule has 0 saturated carbocycles. The van der Waals surface area contributed by atoms with Crippen molar-refractivity contribution in [2.24, 2.45) is 23.2 Å². The summed E-state index contributed by atoms with van der Waals surface area (Å²) in [6.07, 6.45) is 10.4. The summed E-state index contributed by atoms with van der Waals surface area (Å²) in [7, 11) is 0. The minimum atomic E-state index is 0.141. The summed E-state index contributed by atoms with van der Waals surface area (Å²) in [5.41, 5.74) is 0.443. The van der Waals surface area contributed by atoms with Gasteiger partial charge in [0.25, 0.3) is 0 Å². The minimum Gasteiger partial charge on any atom is -0.311 e. The van der Waals surface area contributed by atoms with E-state index in [1.165, 1.54) is 25.7 Å².